The lowest BCUT2D eigenvalue weighted by Gasteiger charge is -2.23. The monoisotopic (exact) mass is 268 g/mol. The van der Waals surface area contributed by atoms with Gasteiger partial charge in [0, 0.05) is 19.1 Å². The lowest BCUT2D eigenvalue weighted by Crippen LogP contribution is -2.34. The van der Waals surface area contributed by atoms with Gasteiger partial charge in [0.15, 0.2) is 0 Å². The van der Waals surface area contributed by atoms with E-state index in [1.165, 1.54) is 12.8 Å². The molecule has 2 aliphatic rings. The Kier molecular flexibility index (Phi) is 6.11. The van der Waals surface area contributed by atoms with E-state index in [-0.39, 0.29) is 11.8 Å². The molecule has 1 saturated carbocycles. The molecule has 1 saturated heterocycles. The maximum atomic E-state index is 12.0. The van der Waals surface area contributed by atoms with Crippen LogP contribution in [0.15, 0.2) is 0 Å². The van der Waals surface area contributed by atoms with Gasteiger partial charge in [-0.1, -0.05) is 13.3 Å². The molecule has 2 fully saturated rings. The smallest absolute Gasteiger partial charge is 0.223 e. The molecule has 0 bridgehead atoms. The van der Waals surface area contributed by atoms with Crippen molar-refractivity contribution in [1.82, 2.24) is 10.6 Å². The fraction of sp³-hybridized carbons (Fsp3) is 0.933. The fourth-order valence-electron chi connectivity index (χ4n) is 3.16. The minimum atomic E-state index is 0.255. The Morgan fingerprint density at radius 2 is 2.05 bits per heavy atom. The number of amides is 1. The van der Waals surface area contributed by atoms with Crippen LogP contribution in [0.2, 0.25) is 0 Å². The number of ether oxygens (including phenoxy) is 1. The van der Waals surface area contributed by atoms with Gasteiger partial charge in [-0.05, 0) is 51.1 Å². The molecule has 2 unspecified atom stereocenters. The summed E-state index contributed by atoms with van der Waals surface area (Å²) in [6, 6.07) is 0. The summed E-state index contributed by atoms with van der Waals surface area (Å²) in [5, 5.41) is 6.39. The molecule has 2 N–H and O–H groups in total. The Labute approximate surface area is 116 Å². The third-order valence-corrected chi connectivity index (χ3v) is 4.46. The first-order valence-corrected chi connectivity index (χ1v) is 7.87. The van der Waals surface area contributed by atoms with E-state index in [1.807, 2.05) is 0 Å². The first-order valence-electron chi connectivity index (χ1n) is 7.87. The fourth-order valence-corrected chi connectivity index (χ4v) is 3.16. The molecule has 2 rings (SSSR count). The quantitative estimate of drug-likeness (QED) is 0.721. The zero-order valence-corrected chi connectivity index (χ0v) is 12.1. The Balaban J connectivity index is 1.50. The van der Waals surface area contributed by atoms with Crippen LogP contribution in [0.4, 0.5) is 0 Å². The number of hydrogen-bond acceptors (Lipinski definition) is 3. The van der Waals surface area contributed by atoms with Gasteiger partial charge in [-0.15, -0.1) is 0 Å². The number of carbonyl (C=O) groups excluding carboxylic acids is 1. The third kappa shape index (κ3) is 4.77. The van der Waals surface area contributed by atoms with Crippen LogP contribution in [0.3, 0.4) is 0 Å². The van der Waals surface area contributed by atoms with Gasteiger partial charge >= 0.3 is 0 Å². The van der Waals surface area contributed by atoms with Crippen LogP contribution in [0, 0.1) is 11.8 Å². The average Bonchev–Trinajstić information content (AvgIpc) is 2.86. The largest absolute Gasteiger partial charge is 0.378 e. The van der Waals surface area contributed by atoms with Crippen LogP contribution in [-0.2, 0) is 9.53 Å². The highest BCUT2D eigenvalue weighted by atomic mass is 16.5. The summed E-state index contributed by atoms with van der Waals surface area (Å²) in [5.74, 6) is 1.07. The van der Waals surface area contributed by atoms with Crippen LogP contribution in [0.25, 0.3) is 0 Å². The minimum Gasteiger partial charge on any atom is -0.378 e. The van der Waals surface area contributed by atoms with Crippen molar-refractivity contribution in [3.8, 4) is 0 Å². The Hall–Kier alpha value is -0.610. The Morgan fingerprint density at radius 3 is 2.74 bits per heavy atom. The number of carbonyl (C=O) groups is 1. The molecular formula is C15H28N2O2. The standard InChI is InChI=1S/C15H28N2O2/c1-12-4-2-5-14(12)15(18)17-8-3-11-19-13-6-9-16-10-7-13/h12-14,16H,2-11H2,1H3,(H,17,18). The predicted molar refractivity (Wildman–Crippen MR) is 76.0 cm³/mol. The molecule has 1 heterocycles. The highest BCUT2D eigenvalue weighted by Crippen LogP contribution is 2.31. The zero-order valence-electron chi connectivity index (χ0n) is 12.1. The second-order valence-corrected chi connectivity index (χ2v) is 5.98. The third-order valence-electron chi connectivity index (χ3n) is 4.46. The van der Waals surface area contributed by atoms with Crippen molar-refractivity contribution >= 4 is 5.91 Å². The topological polar surface area (TPSA) is 50.4 Å². The lowest BCUT2D eigenvalue weighted by molar-refractivity contribution is -0.125. The molecule has 0 aromatic carbocycles. The van der Waals surface area contributed by atoms with Crippen LogP contribution < -0.4 is 10.6 Å². The van der Waals surface area contributed by atoms with Crippen LogP contribution in [-0.4, -0.2) is 38.3 Å². The predicted octanol–water partition coefficient (Wildman–Crippen LogP) is 1.70. The summed E-state index contributed by atoms with van der Waals surface area (Å²) in [5.41, 5.74) is 0. The summed E-state index contributed by atoms with van der Waals surface area (Å²) < 4.78 is 5.82. The van der Waals surface area contributed by atoms with Gasteiger partial charge < -0.3 is 15.4 Å². The van der Waals surface area contributed by atoms with Crippen molar-refractivity contribution in [3.05, 3.63) is 0 Å². The summed E-state index contributed by atoms with van der Waals surface area (Å²) in [6.45, 7) is 5.86. The van der Waals surface area contributed by atoms with Crippen molar-refractivity contribution in [2.45, 2.75) is 51.6 Å². The van der Waals surface area contributed by atoms with E-state index in [2.05, 4.69) is 17.6 Å². The van der Waals surface area contributed by atoms with E-state index >= 15 is 0 Å². The summed E-state index contributed by atoms with van der Waals surface area (Å²) in [7, 11) is 0. The number of rotatable bonds is 6. The van der Waals surface area contributed by atoms with Gasteiger partial charge in [-0.2, -0.15) is 0 Å². The van der Waals surface area contributed by atoms with E-state index in [0.717, 1.165) is 51.9 Å². The van der Waals surface area contributed by atoms with Crippen molar-refractivity contribution in [1.29, 1.82) is 0 Å². The molecule has 1 aliphatic carbocycles. The molecule has 0 aromatic rings. The second kappa shape index (κ2) is 7.85. The Bertz CT molecular complexity index is 277. The molecule has 110 valence electrons. The van der Waals surface area contributed by atoms with Gasteiger partial charge in [0.25, 0.3) is 0 Å². The molecule has 4 nitrogen and oxygen atoms in total. The zero-order chi connectivity index (χ0) is 13.5. The highest BCUT2D eigenvalue weighted by Gasteiger charge is 2.29. The number of nitrogens with one attached hydrogen (secondary N) is 2. The van der Waals surface area contributed by atoms with Gasteiger partial charge in [0.1, 0.15) is 0 Å². The van der Waals surface area contributed by atoms with Crippen molar-refractivity contribution in [2.24, 2.45) is 11.8 Å². The summed E-state index contributed by atoms with van der Waals surface area (Å²) in [6.07, 6.45) is 7.06. The van der Waals surface area contributed by atoms with Gasteiger partial charge in [0.05, 0.1) is 6.10 Å². The molecule has 0 spiro atoms. The molecule has 0 aromatic heterocycles. The normalized spacial score (nSPS) is 28.5. The van der Waals surface area contributed by atoms with E-state index in [0.29, 0.717) is 12.0 Å². The second-order valence-electron chi connectivity index (χ2n) is 5.98. The van der Waals surface area contributed by atoms with E-state index in [4.69, 9.17) is 4.74 Å². The average molecular weight is 268 g/mol. The Morgan fingerprint density at radius 1 is 1.26 bits per heavy atom. The first-order chi connectivity index (χ1) is 9.27. The number of hydrogen-bond donors (Lipinski definition) is 2. The SMILES string of the molecule is CC1CCCC1C(=O)NCCCOC1CCNCC1. The van der Waals surface area contributed by atoms with Crippen molar-refractivity contribution in [3.63, 3.8) is 0 Å². The highest BCUT2D eigenvalue weighted by molar-refractivity contribution is 5.79. The van der Waals surface area contributed by atoms with E-state index in [1.54, 1.807) is 0 Å². The van der Waals surface area contributed by atoms with Crippen LogP contribution >= 0.6 is 0 Å². The molecular weight excluding hydrogens is 240 g/mol. The maximum absolute atomic E-state index is 12.0. The molecule has 4 heteroatoms. The molecule has 19 heavy (non-hydrogen) atoms. The molecule has 1 amide bonds. The molecule has 2 atom stereocenters. The van der Waals surface area contributed by atoms with Crippen LogP contribution in [0.5, 0.6) is 0 Å². The molecule has 0 radical (unpaired) electrons. The summed E-state index contributed by atoms with van der Waals surface area (Å²) in [4.78, 5) is 12.0. The minimum absolute atomic E-state index is 0.255. The lowest BCUT2D eigenvalue weighted by atomic mass is 9.97. The van der Waals surface area contributed by atoms with Gasteiger partial charge in [0.2, 0.25) is 5.91 Å². The number of piperidine rings is 1. The van der Waals surface area contributed by atoms with E-state index in [9.17, 15) is 4.79 Å². The van der Waals surface area contributed by atoms with E-state index < -0.39 is 0 Å². The summed E-state index contributed by atoms with van der Waals surface area (Å²) >= 11 is 0. The van der Waals surface area contributed by atoms with Gasteiger partial charge in [-0.25, -0.2) is 0 Å². The maximum Gasteiger partial charge on any atom is 0.223 e. The van der Waals surface area contributed by atoms with Crippen molar-refractivity contribution in [2.75, 3.05) is 26.2 Å². The molecule has 1 aliphatic heterocycles. The van der Waals surface area contributed by atoms with Gasteiger partial charge in [-0.3, -0.25) is 4.79 Å². The van der Waals surface area contributed by atoms with Crippen molar-refractivity contribution < 1.29 is 9.53 Å². The van der Waals surface area contributed by atoms with Crippen LogP contribution in [0.1, 0.15) is 45.4 Å². The first kappa shape index (κ1) is 14.8.